The Balaban J connectivity index is 2.59. The predicted octanol–water partition coefficient (Wildman–Crippen LogP) is 1.86. The van der Waals surface area contributed by atoms with Gasteiger partial charge in [-0.05, 0) is 12.5 Å². The molecular weight excluding hydrogens is 272 g/mol. The van der Waals surface area contributed by atoms with Crippen LogP contribution in [-0.2, 0) is 0 Å². The third kappa shape index (κ3) is 2.35. The van der Waals surface area contributed by atoms with Crippen molar-refractivity contribution in [1.29, 1.82) is 0 Å². The Labute approximate surface area is 112 Å². The zero-order chi connectivity index (χ0) is 14.9. The van der Waals surface area contributed by atoms with Crippen molar-refractivity contribution in [2.45, 2.75) is 19.4 Å². The maximum atomic E-state index is 13.8. The SMILES string of the molecule is CCC(N)c1cn(-c2c([N+](=O)[O-])ccc(F)c2F)nn1. The molecule has 1 unspecified atom stereocenters. The van der Waals surface area contributed by atoms with Gasteiger partial charge < -0.3 is 5.73 Å². The van der Waals surface area contributed by atoms with E-state index in [1.807, 2.05) is 6.92 Å². The summed E-state index contributed by atoms with van der Waals surface area (Å²) < 4.78 is 27.9. The van der Waals surface area contributed by atoms with E-state index in [2.05, 4.69) is 10.3 Å². The number of nitrogens with two attached hydrogens (primary N) is 1. The molecule has 0 bridgehead atoms. The van der Waals surface area contributed by atoms with E-state index in [0.29, 0.717) is 18.2 Å². The van der Waals surface area contributed by atoms with E-state index >= 15 is 0 Å². The first-order valence-electron chi connectivity index (χ1n) is 5.76. The highest BCUT2D eigenvalue weighted by Gasteiger charge is 2.25. The number of rotatable bonds is 4. The lowest BCUT2D eigenvalue weighted by molar-refractivity contribution is -0.384. The number of nitro benzene ring substituents is 1. The number of nitrogens with zero attached hydrogens (tertiary/aromatic N) is 4. The largest absolute Gasteiger partial charge is 0.323 e. The van der Waals surface area contributed by atoms with Gasteiger partial charge in [0.15, 0.2) is 17.3 Å². The van der Waals surface area contributed by atoms with Crippen molar-refractivity contribution in [3.05, 3.63) is 45.8 Å². The lowest BCUT2D eigenvalue weighted by Crippen LogP contribution is -2.09. The smallest absolute Gasteiger partial charge is 0.298 e. The molecule has 0 aliphatic heterocycles. The van der Waals surface area contributed by atoms with Crippen molar-refractivity contribution in [2.75, 3.05) is 0 Å². The van der Waals surface area contributed by atoms with Crippen LogP contribution in [0.25, 0.3) is 5.69 Å². The molecule has 0 amide bonds. The Morgan fingerprint density at radius 3 is 2.80 bits per heavy atom. The third-order valence-corrected chi connectivity index (χ3v) is 2.80. The fourth-order valence-corrected chi connectivity index (χ4v) is 1.66. The summed E-state index contributed by atoms with van der Waals surface area (Å²) in [5.74, 6) is -2.57. The van der Waals surface area contributed by atoms with Gasteiger partial charge in [-0.2, -0.15) is 0 Å². The third-order valence-electron chi connectivity index (χ3n) is 2.80. The number of aromatic nitrogens is 3. The lowest BCUT2D eigenvalue weighted by Gasteiger charge is -2.04. The van der Waals surface area contributed by atoms with E-state index in [-0.39, 0.29) is 0 Å². The average molecular weight is 283 g/mol. The first-order valence-corrected chi connectivity index (χ1v) is 5.76. The summed E-state index contributed by atoms with van der Waals surface area (Å²) in [5.41, 5.74) is 4.87. The maximum absolute atomic E-state index is 13.8. The first kappa shape index (κ1) is 14.0. The molecule has 106 valence electrons. The highest BCUT2D eigenvalue weighted by molar-refractivity contribution is 5.53. The van der Waals surface area contributed by atoms with E-state index in [1.165, 1.54) is 6.20 Å². The van der Waals surface area contributed by atoms with Gasteiger partial charge in [-0.3, -0.25) is 10.1 Å². The van der Waals surface area contributed by atoms with Crippen LogP contribution in [-0.4, -0.2) is 19.9 Å². The fourth-order valence-electron chi connectivity index (χ4n) is 1.66. The summed E-state index contributed by atoms with van der Waals surface area (Å²) in [7, 11) is 0. The molecule has 20 heavy (non-hydrogen) atoms. The number of halogens is 2. The van der Waals surface area contributed by atoms with Crippen LogP contribution in [0.3, 0.4) is 0 Å². The van der Waals surface area contributed by atoms with Gasteiger partial charge in [-0.1, -0.05) is 12.1 Å². The number of nitro groups is 1. The molecule has 1 aromatic heterocycles. The molecular formula is C11H11F2N5O2. The van der Waals surface area contributed by atoms with Crippen molar-refractivity contribution in [1.82, 2.24) is 15.0 Å². The zero-order valence-corrected chi connectivity index (χ0v) is 10.5. The summed E-state index contributed by atoms with van der Waals surface area (Å²) in [4.78, 5) is 10.1. The van der Waals surface area contributed by atoms with Crippen LogP contribution in [0.15, 0.2) is 18.3 Å². The summed E-state index contributed by atoms with van der Waals surface area (Å²) in [5, 5.41) is 18.2. The molecule has 9 heteroatoms. The van der Waals surface area contributed by atoms with Gasteiger partial charge in [0.1, 0.15) is 0 Å². The second kappa shape index (κ2) is 5.29. The number of hydrogen-bond donors (Lipinski definition) is 1. The molecule has 0 aliphatic rings. The minimum absolute atomic E-state index is 0.338. The Kier molecular flexibility index (Phi) is 3.70. The standard InChI is InChI=1S/C11H11F2N5O2/c1-2-7(14)8-5-17(16-15-8)11-9(18(19)20)4-3-6(12)10(11)13/h3-5,7H,2,14H2,1H3. The molecule has 2 N–H and O–H groups in total. The van der Waals surface area contributed by atoms with Gasteiger partial charge in [0, 0.05) is 6.07 Å². The van der Waals surface area contributed by atoms with Gasteiger partial charge >= 0.3 is 0 Å². The van der Waals surface area contributed by atoms with E-state index in [9.17, 15) is 18.9 Å². The monoisotopic (exact) mass is 283 g/mol. The molecule has 0 fully saturated rings. The first-order chi connectivity index (χ1) is 9.45. The van der Waals surface area contributed by atoms with E-state index in [1.54, 1.807) is 0 Å². The second-order valence-corrected chi connectivity index (χ2v) is 4.09. The van der Waals surface area contributed by atoms with Crippen LogP contribution in [0.4, 0.5) is 14.5 Å². The predicted molar refractivity (Wildman–Crippen MR) is 65.1 cm³/mol. The van der Waals surface area contributed by atoms with Crippen molar-refractivity contribution in [3.63, 3.8) is 0 Å². The summed E-state index contributed by atoms with van der Waals surface area (Å²) >= 11 is 0. The fraction of sp³-hybridized carbons (Fsp3) is 0.273. The van der Waals surface area contributed by atoms with Gasteiger partial charge in [0.05, 0.1) is 22.9 Å². The second-order valence-electron chi connectivity index (χ2n) is 4.09. The van der Waals surface area contributed by atoms with E-state index in [4.69, 9.17) is 5.73 Å². The van der Waals surface area contributed by atoms with Crippen LogP contribution in [0.1, 0.15) is 25.1 Å². The minimum Gasteiger partial charge on any atom is -0.323 e. The maximum Gasteiger partial charge on any atom is 0.298 e. The van der Waals surface area contributed by atoms with Gasteiger partial charge in [0.25, 0.3) is 5.69 Å². The topological polar surface area (TPSA) is 99.9 Å². The highest BCUT2D eigenvalue weighted by Crippen LogP contribution is 2.27. The number of hydrogen-bond acceptors (Lipinski definition) is 5. The normalized spacial score (nSPS) is 12.4. The Morgan fingerprint density at radius 2 is 2.20 bits per heavy atom. The van der Waals surface area contributed by atoms with Crippen LogP contribution in [0, 0.1) is 21.7 Å². The average Bonchev–Trinajstić information content (AvgIpc) is 2.89. The van der Waals surface area contributed by atoms with Crippen LogP contribution in [0.5, 0.6) is 0 Å². The molecule has 2 aromatic rings. The molecule has 7 nitrogen and oxygen atoms in total. The van der Waals surface area contributed by atoms with Crippen LogP contribution in [0.2, 0.25) is 0 Å². The molecule has 1 atom stereocenters. The Morgan fingerprint density at radius 1 is 1.50 bits per heavy atom. The molecule has 1 aromatic carbocycles. The lowest BCUT2D eigenvalue weighted by atomic mass is 10.2. The van der Waals surface area contributed by atoms with Crippen molar-refractivity contribution in [2.24, 2.45) is 5.73 Å². The van der Waals surface area contributed by atoms with E-state index < -0.39 is 34.0 Å². The summed E-state index contributed by atoms with van der Waals surface area (Å²) in [6.45, 7) is 1.81. The zero-order valence-electron chi connectivity index (χ0n) is 10.5. The van der Waals surface area contributed by atoms with Gasteiger partial charge in [-0.15, -0.1) is 5.10 Å². The van der Waals surface area contributed by atoms with Crippen molar-refractivity contribution >= 4 is 5.69 Å². The summed E-state index contributed by atoms with van der Waals surface area (Å²) in [6, 6.07) is 1.13. The minimum atomic E-state index is -1.36. The van der Waals surface area contributed by atoms with Gasteiger partial charge in [-0.25, -0.2) is 13.5 Å². The highest BCUT2D eigenvalue weighted by atomic mass is 19.2. The molecule has 0 aliphatic carbocycles. The number of benzene rings is 1. The van der Waals surface area contributed by atoms with E-state index in [0.717, 1.165) is 10.7 Å². The van der Waals surface area contributed by atoms with Crippen LogP contribution >= 0.6 is 0 Å². The summed E-state index contributed by atoms with van der Waals surface area (Å²) in [6.07, 6.45) is 1.81. The van der Waals surface area contributed by atoms with Crippen LogP contribution < -0.4 is 5.73 Å². The molecule has 0 spiro atoms. The van der Waals surface area contributed by atoms with Crippen molar-refractivity contribution in [3.8, 4) is 5.69 Å². The van der Waals surface area contributed by atoms with Crippen molar-refractivity contribution < 1.29 is 13.7 Å². The molecule has 1 heterocycles. The molecule has 0 radical (unpaired) electrons. The Bertz CT molecular complexity index is 658. The molecule has 0 saturated heterocycles. The van der Waals surface area contributed by atoms with Gasteiger partial charge in [0.2, 0.25) is 0 Å². The molecule has 0 saturated carbocycles. The molecule has 2 rings (SSSR count). The Hall–Kier alpha value is -2.42. The quantitative estimate of drug-likeness (QED) is 0.682.